The van der Waals surface area contributed by atoms with Crippen LogP contribution in [0.25, 0.3) is 0 Å². The second-order valence-electron chi connectivity index (χ2n) is 3.98. The summed E-state index contributed by atoms with van der Waals surface area (Å²) >= 11 is 0. The minimum absolute atomic E-state index is 0.00870. The Labute approximate surface area is 106 Å². The van der Waals surface area contributed by atoms with Gasteiger partial charge in [0.05, 0.1) is 22.0 Å². The molecule has 1 fully saturated rings. The van der Waals surface area contributed by atoms with Gasteiger partial charge in [0.1, 0.15) is 12.3 Å². The Balaban J connectivity index is 2.54. The lowest BCUT2D eigenvalue weighted by atomic mass is 10.2. The molecule has 1 atom stereocenters. The summed E-state index contributed by atoms with van der Waals surface area (Å²) < 4.78 is 4.78. The highest BCUT2D eigenvalue weighted by Gasteiger charge is 2.36. The van der Waals surface area contributed by atoms with E-state index in [2.05, 4.69) is 0 Å². The van der Waals surface area contributed by atoms with Gasteiger partial charge < -0.3 is 4.74 Å². The van der Waals surface area contributed by atoms with E-state index in [9.17, 15) is 25.0 Å². The summed E-state index contributed by atoms with van der Waals surface area (Å²) in [5.41, 5.74) is -0.916. The molecule has 1 amide bonds. The van der Waals surface area contributed by atoms with Crippen molar-refractivity contribution in [3.8, 4) is 0 Å². The average molecular weight is 267 g/mol. The topological polar surface area (TPSA) is 116 Å². The zero-order chi connectivity index (χ0) is 14.2. The largest absolute Gasteiger partial charge is 0.447 e. The molecule has 1 aromatic rings. The SMILES string of the molecule is CC1COC(=O)N1c1ccc([N+](=O)[O-])cc1[N+](=O)[O-]. The highest BCUT2D eigenvalue weighted by atomic mass is 16.6. The van der Waals surface area contributed by atoms with Gasteiger partial charge >= 0.3 is 6.09 Å². The normalized spacial score (nSPS) is 18.3. The van der Waals surface area contributed by atoms with Crippen LogP contribution < -0.4 is 4.90 Å². The van der Waals surface area contributed by atoms with Crippen LogP contribution in [0.15, 0.2) is 18.2 Å². The summed E-state index contributed by atoms with van der Waals surface area (Å²) in [7, 11) is 0. The van der Waals surface area contributed by atoms with E-state index >= 15 is 0 Å². The van der Waals surface area contributed by atoms with Crippen molar-refractivity contribution in [2.24, 2.45) is 0 Å². The first kappa shape index (κ1) is 12.7. The van der Waals surface area contributed by atoms with Crippen molar-refractivity contribution in [3.63, 3.8) is 0 Å². The standard InChI is InChI=1S/C10H9N3O6/c1-6-5-19-10(14)11(6)8-3-2-7(12(15)16)4-9(8)13(17)18/h2-4,6H,5H2,1H3. The fourth-order valence-electron chi connectivity index (χ4n) is 1.83. The number of hydrogen-bond acceptors (Lipinski definition) is 6. The molecule has 0 N–H and O–H groups in total. The summed E-state index contributed by atoms with van der Waals surface area (Å²) in [5.74, 6) is 0. The number of hydrogen-bond donors (Lipinski definition) is 0. The molecule has 0 bridgehead atoms. The molecule has 9 nitrogen and oxygen atoms in total. The number of cyclic esters (lactones) is 1. The summed E-state index contributed by atoms with van der Waals surface area (Å²) in [6.45, 7) is 1.78. The number of amides is 1. The summed E-state index contributed by atoms with van der Waals surface area (Å²) in [5, 5.41) is 21.6. The molecule has 2 rings (SSSR count). The maximum absolute atomic E-state index is 11.5. The monoisotopic (exact) mass is 267 g/mol. The van der Waals surface area contributed by atoms with Gasteiger partial charge in [-0.3, -0.25) is 25.1 Å². The van der Waals surface area contributed by atoms with Crippen molar-refractivity contribution >= 4 is 23.2 Å². The van der Waals surface area contributed by atoms with Crippen LogP contribution in [0.2, 0.25) is 0 Å². The van der Waals surface area contributed by atoms with Gasteiger partial charge in [-0.1, -0.05) is 0 Å². The molecule has 9 heteroatoms. The van der Waals surface area contributed by atoms with Crippen LogP contribution in [0.3, 0.4) is 0 Å². The zero-order valence-electron chi connectivity index (χ0n) is 9.81. The number of benzene rings is 1. The second kappa shape index (κ2) is 4.52. The van der Waals surface area contributed by atoms with E-state index in [0.717, 1.165) is 17.0 Å². The van der Waals surface area contributed by atoms with Crippen molar-refractivity contribution in [3.05, 3.63) is 38.4 Å². The lowest BCUT2D eigenvalue weighted by Crippen LogP contribution is -2.31. The van der Waals surface area contributed by atoms with E-state index in [4.69, 9.17) is 4.74 Å². The summed E-state index contributed by atoms with van der Waals surface area (Å²) in [4.78, 5) is 32.7. The van der Waals surface area contributed by atoms with E-state index < -0.39 is 27.3 Å². The van der Waals surface area contributed by atoms with Gasteiger partial charge in [-0.25, -0.2) is 4.79 Å². The number of nitro groups is 2. The van der Waals surface area contributed by atoms with Gasteiger partial charge in [0.2, 0.25) is 0 Å². The third-order valence-electron chi connectivity index (χ3n) is 2.71. The van der Waals surface area contributed by atoms with Gasteiger partial charge in [0.15, 0.2) is 0 Å². The van der Waals surface area contributed by atoms with E-state index in [1.807, 2.05) is 0 Å². The minimum atomic E-state index is -0.763. The number of carbonyl (C=O) groups excluding carboxylic acids is 1. The fourth-order valence-corrected chi connectivity index (χ4v) is 1.83. The van der Waals surface area contributed by atoms with Crippen molar-refractivity contribution < 1.29 is 19.4 Å². The van der Waals surface area contributed by atoms with E-state index in [-0.39, 0.29) is 18.3 Å². The molecular weight excluding hydrogens is 258 g/mol. The highest BCUT2D eigenvalue weighted by molar-refractivity contribution is 5.93. The summed E-state index contributed by atoms with van der Waals surface area (Å²) in [6.07, 6.45) is -0.704. The second-order valence-corrected chi connectivity index (χ2v) is 3.98. The van der Waals surface area contributed by atoms with Crippen LogP contribution >= 0.6 is 0 Å². The number of nitrogens with zero attached hydrogens (tertiary/aromatic N) is 3. The van der Waals surface area contributed by atoms with Crippen LogP contribution in [0.4, 0.5) is 21.9 Å². The zero-order valence-corrected chi connectivity index (χ0v) is 9.81. The molecule has 0 radical (unpaired) electrons. The Kier molecular flexibility index (Phi) is 3.03. The van der Waals surface area contributed by atoms with Crippen molar-refractivity contribution in [1.82, 2.24) is 0 Å². The fraction of sp³-hybridized carbons (Fsp3) is 0.300. The molecular formula is C10H9N3O6. The lowest BCUT2D eigenvalue weighted by Gasteiger charge is -2.17. The quantitative estimate of drug-likeness (QED) is 0.609. The third kappa shape index (κ3) is 2.17. The Bertz CT molecular complexity index is 572. The molecule has 100 valence electrons. The first-order valence-corrected chi connectivity index (χ1v) is 5.30. The molecule has 0 saturated carbocycles. The molecule has 0 aliphatic carbocycles. The average Bonchev–Trinajstić information content (AvgIpc) is 2.68. The number of carbonyl (C=O) groups is 1. The maximum atomic E-state index is 11.5. The maximum Gasteiger partial charge on any atom is 0.414 e. The van der Waals surface area contributed by atoms with Crippen LogP contribution in [-0.4, -0.2) is 28.6 Å². The molecule has 0 aromatic heterocycles. The predicted octanol–water partition coefficient (Wildman–Crippen LogP) is 1.85. The molecule has 0 spiro atoms. The molecule has 1 unspecified atom stereocenters. The van der Waals surface area contributed by atoms with Crippen molar-refractivity contribution in [1.29, 1.82) is 0 Å². The summed E-state index contributed by atoms with van der Waals surface area (Å²) in [6, 6.07) is 2.75. The predicted molar refractivity (Wildman–Crippen MR) is 63.0 cm³/mol. The van der Waals surface area contributed by atoms with Crippen LogP contribution in [0, 0.1) is 20.2 Å². The Morgan fingerprint density at radius 2 is 2.00 bits per heavy atom. The lowest BCUT2D eigenvalue weighted by molar-refractivity contribution is -0.393. The molecule has 19 heavy (non-hydrogen) atoms. The third-order valence-corrected chi connectivity index (χ3v) is 2.71. The Hall–Kier alpha value is -2.71. The number of rotatable bonds is 3. The minimum Gasteiger partial charge on any atom is -0.447 e. The van der Waals surface area contributed by atoms with Crippen molar-refractivity contribution in [2.45, 2.75) is 13.0 Å². The van der Waals surface area contributed by atoms with E-state index in [1.165, 1.54) is 6.07 Å². The molecule has 1 aromatic carbocycles. The Morgan fingerprint density at radius 3 is 2.47 bits per heavy atom. The number of nitro benzene ring substituents is 2. The van der Waals surface area contributed by atoms with Crippen molar-refractivity contribution in [2.75, 3.05) is 11.5 Å². The van der Waals surface area contributed by atoms with Gasteiger partial charge in [0.25, 0.3) is 11.4 Å². The first-order chi connectivity index (χ1) is 8.91. The molecule has 1 aliphatic heterocycles. The van der Waals surface area contributed by atoms with Crippen LogP contribution in [0.5, 0.6) is 0 Å². The van der Waals surface area contributed by atoms with Crippen LogP contribution in [0.1, 0.15) is 6.92 Å². The van der Waals surface area contributed by atoms with Gasteiger partial charge in [0, 0.05) is 6.07 Å². The Morgan fingerprint density at radius 1 is 1.32 bits per heavy atom. The van der Waals surface area contributed by atoms with E-state index in [1.54, 1.807) is 6.92 Å². The van der Waals surface area contributed by atoms with Gasteiger partial charge in [-0.15, -0.1) is 0 Å². The highest BCUT2D eigenvalue weighted by Crippen LogP contribution is 2.35. The number of anilines is 1. The van der Waals surface area contributed by atoms with Gasteiger partial charge in [-0.05, 0) is 13.0 Å². The number of ether oxygens (including phenoxy) is 1. The first-order valence-electron chi connectivity index (χ1n) is 5.30. The number of non-ortho nitro benzene ring substituents is 1. The smallest absolute Gasteiger partial charge is 0.414 e. The molecule has 1 heterocycles. The molecule has 1 saturated heterocycles. The van der Waals surface area contributed by atoms with Gasteiger partial charge in [-0.2, -0.15) is 0 Å². The molecule has 1 aliphatic rings. The van der Waals surface area contributed by atoms with Crippen LogP contribution in [-0.2, 0) is 4.74 Å². The van der Waals surface area contributed by atoms with E-state index in [0.29, 0.717) is 0 Å².